The Balaban J connectivity index is 3.73. The van der Waals surface area contributed by atoms with Crippen LogP contribution in [0.3, 0.4) is 0 Å². The van der Waals surface area contributed by atoms with Crippen molar-refractivity contribution in [3.8, 4) is 0 Å². The minimum atomic E-state index is -0.287. The van der Waals surface area contributed by atoms with Gasteiger partial charge in [-0.1, -0.05) is 82.2 Å². The second-order valence-electron chi connectivity index (χ2n) is 7.76. The van der Waals surface area contributed by atoms with E-state index < -0.39 is 0 Å². The summed E-state index contributed by atoms with van der Waals surface area (Å²) in [6, 6.07) is 0. The van der Waals surface area contributed by atoms with Gasteiger partial charge < -0.3 is 5.11 Å². The van der Waals surface area contributed by atoms with Crippen molar-refractivity contribution in [1.29, 1.82) is 0 Å². The molecule has 0 aromatic rings. The molecule has 0 rings (SSSR count). The third-order valence-corrected chi connectivity index (χ3v) is 4.71. The molecule has 0 saturated heterocycles. The third-order valence-electron chi connectivity index (χ3n) is 4.71. The van der Waals surface area contributed by atoms with Crippen LogP contribution in [0.25, 0.3) is 0 Å². The minimum Gasteiger partial charge on any atom is -0.396 e. The molecule has 0 aliphatic carbocycles. The molecule has 0 spiro atoms. The van der Waals surface area contributed by atoms with Crippen LogP contribution in [0, 0.1) is 5.41 Å². The van der Waals surface area contributed by atoms with Crippen LogP contribution in [0.1, 0.15) is 91.4 Å². The third kappa shape index (κ3) is 16.5. The molecule has 0 atom stereocenters. The fraction of sp³-hybridized carbons (Fsp3) is 0.640. The molecule has 0 aromatic carbocycles. The summed E-state index contributed by atoms with van der Waals surface area (Å²) in [5.41, 5.74) is -0.287. The highest BCUT2D eigenvalue weighted by atomic mass is 16.3. The van der Waals surface area contributed by atoms with Gasteiger partial charge in [-0.05, 0) is 51.4 Å². The molecule has 0 amide bonds. The lowest BCUT2D eigenvalue weighted by Crippen LogP contribution is -2.24. The van der Waals surface area contributed by atoms with E-state index in [1.54, 1.807) is 0 Å². The average molecular weight is 375 g/mol. The normalized spacial score (nSPS) is 13.0. The summed E-state index contributed by atoms with van der Waals surface area (Å²) in [4.78, 5) is 12.1. The molecule has 0 aliphatic heterocycles. The smallest absolute Gasteiger partial charge is 0.138 e. The van der Waals surface area contributed by atoms with Crippen LogP contribution >= 0.6 is 0 Å². The van der Waals surface area contributed by atoms with Gasteiger partial charge in [0.1, 0.15) is 5.78 Å². The number of hydrogen-bond donors (Lipinski definition) is 1. The van der Waals surface area contributed by atoms with Crippen LogP contribution in [-0.4, -0.2) is 17.5 Å². The number of allylic oxidation sites excluding steroid dienone is 8. The highest BCUT2D eigenvalue weighted by Crippen LogP contribution is 2.25. The maximum absolute atomic E-state index is 12.1. The molecule has 154 valence electrons. The lowest BCUT2D eigenvalue weighted by Gasteiger charge is -2.22. The molecule has 0 heterocycles. The van der Waals surface area contributed by atoms with Crippen molar-refractivity contribution in [3.63, 3.8) is 0 Å². The highest BCUT2D eigenvalue weighted by molar-refractivity contribution is 5.83. The zero-order chi connectivity index (χ0) is 20.2. The van der Waals surface area contributed by atoms with E-state index in [4.69, 9.17) is 5.11 Å². The molecule has 0 unspecified atom stereocenters. The van der Waals surface area contributed by atoms with Gasteiger partial charge in [-0.3, -0.25) is 4.79 Å². The van der Waals surface area contributed by atoms with Crippen LogP contribution < -0.4 is 0 Å². The van der Waals surface area contributed by atoms with E-state index in [0.717, 1.165) is 32.1 Å². The van der Waals surface area contributed by atoms with Gasteiger partial charge in [0.25, 0.3) is 0 Å². The Morgan fingerprint density at radius 1 is 0.778 bits per heavy atom. The van der Waals surface area contributed by atoms with E-state index in [1.807, 2.05) is 13.8 Å². The summed E-state index contributed by atoms with van der Waals surface area (Å²) in [5.74, 6) is 0.257. The lowest BCUT2D eigenvalue weighted by molar-refractivity contribution is -0.127. The molecular formula is C25H42O2. The number of Topliss-reactive ketones (excluding diaryl/α,β-unsaturated/α-hetero) is 1. The topological polar surface area (TPSA) is 37.3 Å². The van der Waals surface area contributed by atoms with Crippen LogP contribution in [-0.2, 0) is 4.79 Å². The van der Waals surface area contributed by atoms with Crippen molar-refractivity contribution in [2.45, 2.75) is 91.4 Å². The SMILES string of the molecule is CCCCC/C=C/C/C=C\C/C=C\C/C=C\CCC(C)(C)C(=O)CCCO. The Kier molecular flexibility index (Phi) is 17.0. The molecule has 0 aromatic heterocycles. The molecule has 0 bridgehead atoms. The van der Waals surface area contributed by atoms with Crippen molar-refractivity contribution < 1.29 is 9.90 Å². The first-order valence-electron chi connectivity index (χ1n) is 10.8. The van der Waals surface area contributed by atoms with Crippen LogP contribution in [0.2, 0.25) is 0 Å². The number of aliphatic hydroxyl groups excluding tert-OH is 1. The van der Waals surface area contributed by atoms with E-state index in [-0.39, 0.29) is 17.8 Å². The maximum atomic E-state index is 12.1. The highest BCUT2D eigenvalue weighted by Gasteiger charge is 2.25. The second-order valence-corrected chi connectivity index (χ2v) is 7.76. The van der Waals surface area contributed by atoms with Gasteiger partial charge in [-0.25, -0.2) is 0 Å². The van der Waals surface area contributed by atoms with Gasteiger partial charge in [0.05, 0.1) is 0 Å². The van der Waals surface area contributed by atoms with E-state index in [1.165, 1.54) is 25.7 Å². The Hall–Kier alpha value is -1.41. The first-order chi connectivity index (χ1) is 13.0. The molecule has 2 nitrogen and oxygen atoms in total. The summed E-state index contributed by atoms with van der Waals surface area (Å²) in [6.45, 7) is 6.35. The summed E-state index contributed by atoms with van der Waals surface area (Å²) in [6.07, 6.45) is 28.7. The Morgan fingerprint density at radius 2 is 1.30 bits per heavy atom. The van der Waals surface area contributed by atoms with Crippen molar-refractivity contribution in [1.82, 2.24) is 0 Å². The van der Waals surface area contributed by atoms with Gasteiger partial charge in [0.15, 0.2) is 0 Å². The predicted octanol–water partition coefficient (Wildman–Crippen LogP) is 7.11. The summed E-state index contributed by atoms with van der Waals surface area (Å²) < 4.78 is 0. The number of unbranched alkanes of at least 4 members (excludes halogenated alkanes) is 3. The molecule has 0 aliphatic rings. The monoisotopic (exact) mass is 374 g/mol. The number of carbonyl (C=O) groups is 1. The standard InChI is InChI=1S/C25H42O2/c1-4-5-6-7-8-9-10-11-12-13-14-15-16-17-18-19-22-25(2,3)24(27)21-20-23-26/h8-9,11-12,14-15,17-18,26H,4-7,10,13,16,19-23H2,1-3H3/b9-8+,12-11-,15-14-,18-17-. The zero-order valence-electron chi connectivity index (χ0n) is 18.0. The lowest BCUT2D eigenvalue weighted by atomic mass is 9.81. The van der Waals surface area contributed by atoms with Crippen LogP contribution in [0.15, 0.2) is 48.6 Å². The predicted molar refractivity (Wildman–Crippen MR) is 119 cm³/mol. The number of hydrogen-bond acceptors (Lipinski definition) is 2. The van der Waals surface area contributed by atoms with Gasteiger partial charge in [0, 0.05) is 18.4 Å². The quantitative estimate of drug-likeness (QED) is 0.217. The summed E-state index contributed by atoms with van der Waals surface area (Å²) in [7, 11) is 0. The molecular weight excluding hydrogens is 332 g/mol. The van der Waals surface area contributed by atoms with Crippen LogP contribution in [0.5, 0.6) is 0 Å². The molecule has 0 fully saturated rings. The van der Waals surface area contributed by atoms with Gasteiger partial charge in [-0.15, -0.1) is 0 Å². The zero-order valence-corrected chi connectivity index (χ0v) is 18.0. The molecule has 1 N–H and O–H groups in total. The second kappa shape index (κ2) is 18.0. The van der Waals surface area contributed by atoms with E-state index in [0.29, 0.717) is 12.8 Å². The fourth-order valence-electron chi connectivity index (χ4n) is 2.72. The van der Waals surface area contributed by atoms with Crippen LogP contribution in [0.4, 0.5) is 0 Å². The number of rotatable bonds is 17. The van der Waals surface area contributed by atoms with Crippen molar-refractivity contribution in [3.05, 3.63) is 48.6 Å². The number of carbonyl (C=O) groups excluding carboxylic acids is 1. The van der Waals surface area contributed by atoms with Gasteiger partial charge in [0.2, 0.25) is 0 Å². The van der Waals surface area contributed by atoms with E-state index in [9.17, 15) is 4.79 Å². The molecule has 0 radical (unpaired) electrons. The number of ketones is 1. The van der Waals surface area contributed by atoms with Crippen molar-refractivity contribution >= 4 is 5.78 Å². The Morgan fingerprint density at radius 3 is 1.81 bits per heavy atom. The van der Waals surface area contributed by atoms with Gasteiger partial charge >= 0.3 is 0 Å². The molecule has 2 heteroatoms. The minimum absolute atomic E-state index is 0.0962. The maximum Gasteiger partial charge on any atom is 0.138 e. The Bertz CT molecular complexity index is 467. The van der Waals surface area contributed by atoms with E-state index >= 15 is 0 Å². The summed E-state index contributed by atoms with van der Waals surface area (Å²) in [5, 5.41) is 8.83. The molecule has 0 saturated carbocycles. The first-order valence-corrected chi connectivity index (χ1v) is 10.8. The Labute approximate surface area is 168 Å². The van der Waals surface area contributed by atoms with Gasteiger partial charge in [-0.2, -0.15) is 0 Å². The fourth-order valence-corrected chi connectivity index (χ4v) is 2.72. The van der Waals surface area contributed by atoms with Crippen molar-refractivity contribution in [2.24, 2.45) is 5.41 Å². The number of aliphatic hydroxyl groups is 1. The largest absolute Gasteiger partial charge is 0.396 e. The average Bonchev–Trinajstić information content (AvgIpc) is 2.65. The summed E-state index contributed by atoms with van der Waals surface area (Å²) >= 11 is 0. The molecule has 27 heavy (non-hydrogen) atoms. The first kappa shape index (κ1) is 25.6. The van der Waals surface area contributed by atoms with Crippen molar-refractivity contribution in [2.75, 3.05) is 6.61 Å². The van der Waals surface area contributed by atoms with E-state index in [2.05, 4.69) is 55.5 Å².